The molecule has 1 saturated heterocycles. The first-order chi connectivity index (χ1) is 10.8. The molecule has 0 bridgehead atoms. The number of phosphoric ester groups is 1. The monoisotopic (exact) mass is 347 g/mol. The summed E-state index contributed by atoms with van der Waals surface area (Å²) in [4.78, 5) is 39.8. The Balaban J connectivity index is 1.94. The third-order valence-electron chi connectivity index (χ3n) is 3.39. The van der Waals surface area contributed by atoms with Crippen LogP contribution >= 0.6 is 7.82 Å². The van der Waals surface area contributed by atoms with Crippen molar-refractivity contribution in [2.75, 3.05) is 12.3 Å². The molecule has 3 atom stereocenters. The van der Waals surface area contributed by atoms with Crippen molar-refractivity contribution in [3.63, 3.8) is 0 Å². The first kappa shape index (κ1) is 16.1. The van der Waals surface area contributed by atoms with Gasteiger partial charge in [-0.05, 0) is 0 Å². The maximum atomic E-state index is 11.7. The zero-order valence-corrected chi connectivity index (χ0v) is 12.5. The lowest BCUT2D eigenvalue weighted by atomic mass is 10.2. The Labute approximate surface area is 128 Å². The van der Waals surface area contributed by atoms with Crippen molar-refractivity contribution in [2.45, 2.75) is 24.9 Å². The predicted molar refractivity (Wildman–Crippen MR) is 75.1 cm³/mol. The standard InChI is InChI=1S/C10H14N5O7P/c11-10-13-8-7(9(17)14-10)12-3-15(8)6-1-4(5(2-16)21-6)22-23(18,19)20/h3-6,16H,1-2H2,(H2,18,19,20)(H3,11,13,14,17)/t4-,5-,6-/m0/s1. The second-order valence-corrected chi connectivity index (χ2v) is 6.15. The first-order valence-corrected chi connectivity index (χ1v) is 8.04. The molecule has 1 fully saturated rings. The number of aromatic nitrogens is 4. The molecule has 0 aliphatic carbocycles. The molecule has 0 saturated carbocycles. The van der Waals surface area contributed by atoms with Crippen LogP contribution in [0.1, 0.15) is 12.6 Å². The second-order valence-electron chi connectivity index (χ2n) is 4.96. The van der Waals surface area contributed by atoms with E-state index in [9.17, 15) is 14.5 Å². The summed E-state index contributed by atoms with van der Waals surface area (Å²) < 4.78 is 22.5. The number of ether oxygens (including phenoxy) is 1. The highest BCUT2D eigenvalue weighted by Gasteiger charge is 2.40. The highest BCUT2D eigenvalue weighted by atomic mass is 31.2. The number of anilines is 1. The van der Waals surface area contributed by atoms with Crippen LogP contribution in [0, 0.1) is 0 Å². The van der Waals surface area contributed by atoms with Gasteiger partial charge < -0.3 is 25.4 Å². The molecule has 1 aliphatic heterocycles. The van der Waals surface area contributed by atoms with Gasteiger partial charge in [-0.2, -0.15) is 4.98 Å². The number of nitrogen functional groups attached to an aromatic ring is 1. The van der Waals surface area contributed by atoms with Crippen molar-refractivity contribution in [1.29, 1.82) is 0 Å². The molecular weight excluding hydrogens is 333 g/mol. The highest BCUT2D eigenvalue weighted by molar-refractivity contribution is 7.46. The summed E-state index contributed by atoms with van der Waals surface area (Å²) >= 11 is 0. The van der Waals surface area contributed by atoms with Crippen molar-refractivity contribution in [1.82, 2.24) is 19.5 Å². The summed E-state index contributed by atoms with van der Waals surface area (Å²) in [5.74, 6) is -0.107. The lowest BCUT2D eigenvalue weighted by Crippen LogP contribution is -2.26. The Bertz CT molecular complexity index is 829. The number of aliphatic hydroxyl groups is 1. The Morgan fingerprint density at radius 3 is 2.96 bits per heavy atom. The Morgan fingerprint density at radius 2 is 2.30 bits per heavy atom. The molecule has 0 aromatic carbocycles. The van der Waals surface area contributed by atoms with E-state index in [1.165, 1.54) is 10.9 Å². The number of imidazole rings is 1. The van der Waals surface area contributed by atoms with Gasteiger partial charge in [0.1, 0.15) is 18.4 Å². The lowest BCUT2D eigenvalue weighted by Gasteiger charge is -2.16. The summed E-state index contributed by atoms with van der Waals surface area (Å²) in [6, 6.07) is 0. The molecule has 3 rings (SSSR count). The van der Waals surface area contributed by atoms with Crippen LogP contribution in [0.4, 0.5) is 5.95 Å². The van der Waals surface area contributed by atoms with Crippen LogP contribution in [0.15, 0.2) is 11.1 Å². The van der Waals surface area contributed by atoms with E-state index in [4.69, 9.17) is 20.3 Å². The predicted octanol–water partition coefficient (Wildman–Crippen LogP) is -1.54. The zero-order chi connectivity index (χ0) is 16.8. The van der Waals surface area contributed by atoms with Gasteiger partial charge in [-0.1, -0.05) is 0 Å². The molecule has 0 unspecified atom stereocenters. The summed E-state index contributed by atoms with van der Waals surface area (Å²) in [6.45, 7) is -0.496. The van der Waals surface area contributed by atoms with Crippen LogP contribution in [0.3, 0.4) is 0 Å². The minimum atomic E-state index is -4.74. The van der Waals surface area contributed by atoms with E-state index in [0.717, 1.165) is 0 Å². The fraction of sp³-hybridized carbons (Fsp3) is 0.500. The van der Waals surface area contributed by atoms with Crippen LogP contribution in [-0.2, 0) is 13.8 Å². The largest absolute Gasteiger partial charge is 0.469 e. The molecule has 12 nitrogen and oxygen atoms in total. The Hall–Kier alpha value is -1.82. The fourth-order valence-electron chi connectivity index (χ4n) is 2.48. The van der Waals surface area contributed by atoms with Crippen molar-refractivity contribution in [3.05, 3.63) is 16.7 Å². The summed E-state index contributed by atoms with van der Waals surface area (Å²) in [6.07, 6.45) is -1.42. The molecule has 13 heteroatoms. The number of nitrogens with two attached hydrogens (primary N) is 1. The molecule has 0 amide bonds. The van der Waals surface area contributed by atoms with Gasteiger partial charge in [0.2, 0.25) is 5.95 Å². The topological polar surface area (TPSA) is 186 Å². The molecule has 2 aromatic rings. The number of rotatable bonds is 4. The SMILES string of the molecule is Nc1nc2c(ncn2[C@@H]2C[C@H](OP(=O)(O)O)[C@H](CO)O2)c(=O)[nH]1. The zero-order valence-electron chi connectivity index (χ0n) is 11.6. The molecule has 23 heavy (non-hydrogen) atoms. The van der Waals surface area contributed by atoms with Crippen molar-refractivity contribution >= 4 is 24.9 Å². The van der Waals surface area contributed by atoms with E-state index < -0.39 is 38.4 Å². The molecule has 0 spiro atoms. The van der Waals surface area contributed by atoms with E-state index in [-0.39, 0.29) is 23.5 Å². The Kier molecular flexibility index (Phi) is 3.96. The number of phosphoric acid groups is 1. The molecular formula is C10H14N5O7P. The highest BCUT2D eigenvalue weighted by Crippen LogP contribution is 2.43. The van der Waals surface area contributed by atoms with Gasteiger partial charge in [-0.3, -0.25) is 18.9 Å². The number of nitrogens with zero attached hydrogens (tertiary/aromatic N) is 3. The smallest absolute Gasteiger partial charge is 0.394 e. The van der Waals surface area contributed by atoms with Gasteiger partial charge in [-0.15, -0.1) is 0 Å². The van der Waals surface area contributed by atoms with Crippen molar-refractivity contribution < 1.29 is 28.7 Å². The molecule has 1 aliphatic rings. The van der Waals surface area contributed by atoms with Crippen LogP contribution < -0.4 is 11.3 Å². The van der Waals surface area contributed by atoms with Crippen molar-refractivity contribution in [3.8, 4) is 0 Å². The van der Waals surface area contributed by atoms with E-state index >= 15 is 0 Å². The summed E-state index contributed by atoms with van der Waals surface area (Å²) in [5.41, 5.74) is 5.18. The number of nitrogens with one attached hydrogen (secondary N) is 1. The van der Waals surface area contributed by atoms with Gasteiger partial charge in [0.25, 0.3) is 5.56 Å². The number of hydrogen-bond donors (Lipinski definition) is 5. The number of fused-ring (bicyclic) bond motifs is 1. The minimum Gasteiger partial charge on any atom is -0.394 e. The summed E-state index contributed by atoms with van der Waals surface area (Å²) in [5, 5.41) is 9.28. The van der Waals surface area contributed by atoms with Gasteiger partial charge >= 0.3 is 7.82 Å². The van der Waals surface area contributed by atoms with Gasteiger partial charge in [0, 0.05) is 6.42 Å². The molecule has 3 heterocycles. The van der Waals surface area contributed by atoms with Gasteiger partial charge in [-0.25, -0.2) is 9.55 Å². The maximum absolute atomic E-state index is 11.7. The summed E-state index contributed by atoms with van der Waals surface area (Å²) in [7, 11) is -4.74. The third-order valence-corrected chi connectivity index (χ3v) is 3.94. The van der Waals surface area contributed by atoms with Crippen LogP contribution in [-0.4, -0.2) is 53.2 Å². The Morgan fingerprint density at radius 1 is 1.57 bits per heavy atom. The number of aromatic amines is 1. The molecule has 6 N–H and O–H groups in total. The molecule has 2 aromatic heterocycles. The minimum absolute atomic E-state index is 0.0240. The maximum Gasteiger partial charge on any atom is 0.469 e. The lowest BCUT2D eigenvalue weighted by molar-refractivity contribution is -0.0425. The van der Waals surface area contributed by atoms with E-state index in [2.05, 4.69) is 19.5 Å². The van der Waals surface area contributed by atoms with Gasteiger partial charge in [0.15, 0.2) is 11.2 Å². The average molecular weight is 347 g/mol. The van der Waals surface area contributed by atoms with Crippen LogP contribution in [0.2, 0.25) is 0 Å². The quantitative estimate of drug-likeness (QED) is 0.406. The number of H-pyrrole nitrogens is 1. The number of hydrogen-bond acceptors (Lipinski definition) is 8. The van der Waals surface area contributed by atoms with Gasteiger partial charge in [0.05, 0.1) is 12.9 Å². The first-order valence-electron chi connectivity index (χ1n) is 6.51. The second kappa shape index (κ2) is 5.67. The molecule has 126 valence electrons. The third kappa shape index (κ3) is 3.13. The average Bonchev–Trinajstić information content (AvgIpc) is 3.00. The van der Waals surface area contributed by atoms with Crippen LogP contribution in [0.5, 0.6) is 0 Å². The van der Waals surface area contributed by atoms with E-state index in [1.807, 2.05) is 0 Å². The van der Waals surface area contributed by atoms with Crippen molar-refractivity contribution in [2.24, 2.45) is 0 Å². The normalized spacial score (nSPS) is 25.3. The molecule has 0 radical (unpaired) electrons. The van der Waals surface area contributed by atoms with Crippen LogP contribution in [0.25, 0.3) is 11.2 Å². The van der Waals surface area contributed by atoms with E-state index in [0.29, 0.717) is 0 Å². The fourth-order valence-corrected chi connectivity index (χ4v) is 3.05. The number of aliphatic hydroxyl groups excluding tert-OH is 1. The van der Waals surface area contributed by atoms with E-state index in [1.54, 1.807) is 0 Å².